The molecule has 0 unspecified atom stereocenters. The standard InChI is InChI=1S/C12H11FN2O/c1-8-5-9(3-4-11(8)13)10-6-14-12(16-2)15-7-10/h3-7H,1-2H3. The molecule has 0 radical (unpaired) electrons. The SMILES string of the molecule is COc1ncc(-c2ccc(F)c(C)c2)cn1. The average Bonchev–Trinajstić information content (AvgIpc) is 2.33. The molecule has 82 valence electrons. The number of aryl methyl sites for hydroxylation is 1. The first-order valence-corrected chi connectivity index (χ1v) is 4.83. The van der Waals surface area contributed by atoms with E-state index in [9.17, 15) is 4.39 Å². The first-order valence-electron chi connectivity index (χ1n) is 4.83. The van der Waals surface area contributed by atoms with Crippen LogP contribution in [0.5, 0.6) is 6.01 Å². The number of methoxy groups -OCH3 is 1. The number of benzene rings is 1. The maximum Gasteiger partial charge on any atom is 0.316 e. The van der Waals surface area contributed by atoms with E-state index in [0.29, 0.717) is 11.6 Å². The smallest absolute Gasteiger partial charge is 0.316 e. The number of nitrogens with zero attached hydrogens (tertiary/aromatic N) is 2. The Bertz CT molecular complexity index is 497. The van der Waals surface area contributed by atoms with Crippen molar-refractivity contribution in [3.8, 4) is 17.1 Å². The molecule has 0 spiro atoms. The third kappa shape index (κ3) is 2.00. The van der Waals surface area contributed by atoms with Crippen LogP contribution in [0.25, 0.3) is 11.1 Å². The van der Waals surface area contributed by atoms with E-state index in [0.717, 1.165) is 11.1 Å². The van der Waals surface area contributed by atoms with Crippen LogP contribution in [0.4, 0.5) is 4.39 Å². The van der Waals surface area contributed by atoms with Crippen LogP contribution in [-0.4, -0.2) is 17.1 Å². The maximum atomic E-state index is 13.1. The van der Waals surface area contributed by atoms with Crippen molar-refractivity contribution in [3.05, 3.63) is 42.0 Å². The van der Waals surface area contributed by atoms with Crippen molar-refractivity contribution in [1.29, 1.82) is 0 Å². The Morgan fingerprint density at radius 2 is 1.81 bits per heavy atom. The fraction of sp³-hybridized carbons (Fsp3) is 0.167. The highest BCUT2D eigenvalue weighted by Crippen LogP contribution is 2.21. The molecule has 0 aliphatic rings. The summed E-state index contributed by atoms with van der Waals surface area (Å²) in [6.07, 6.45) is 3.30. The number of ether oxygens (including phenoxy) is 1. The molecule has 1 aromatic heterocycles. The Kier molecular flexibility index (Phi) is 2.81. The number of halogens is 1. The Balaban J connectivity index is 2.38. The van der Waals surface area contributed by atoms with Gasteiger partial charge in [0, 0.05) is 18.0 Å². The van der Waals surface area contributed by atoms with Crippen molar-refractivity contribution in [3.63, 3.8) is 0 Å². The molecule has 0 saturated heterocycles. The van der Waals surface area contributed by atoms with Crippen molar-refractivity contribution in [2.75, 3.05) is 7.11 Å². The molecule has 2 rings (SSSR count). The second kappa shape index (κ2) is 4.26. The van der Waals surface area contributed by atoms with Crippen LogP contribution in [0.2, 0.25) is 0 Å². The van der Waals surface area contributed by atoms with Gasteiger partial charge in [0.05, 0.1) is 7.11 Å². The minimum absolute atomic E-state index is 0.210. The summed E-state index contributed by atoms with van der Waals surface area (Å²) < 4.78 is 17.9. The minimum Gasteiger partial charge on any atom is -0.467 e. The first kappa shape index (κ1) is 10.5. The van der Waals surface area contributed by atoms with Crippen molar-refractivity contribution in [2.24, 2.45) is 0 Å². The van der Waals surface area contributed by atoms with Gasteiger partial charge in [0.25, 0.3) is 0 Å². The van der Waals surface area contributed by atoms with Crippen LogP contribution >= 0.6 is 0 Å². The van der Waals surface area contributed by atoms with Gasteiger partial charge in [-0.2, -0.15) is 0 Å². The van der Waals surface area contributed by atoms with Crippen LogP contribution in [-0.2, 0) is 0 Å². The molecule has 16 heavy (non-hydrogen) atoms. The van der Waals surface area contributed by atoms with E-state index >= 15 is 0 Å². The molecule has 0 aliphatic heterocycles. The quantitative estimate of drug-likeness (QED) is 0.777. The predicted molar refractivity (Wildman–Crippen MR) is 58.7 cm³/mol. The Morgan fingerprint density at radius 3 is 2.38 bits per heavy atom. The molecule has 0 fully saturated rings. The number of rotatable bonds is 2. The van der Waals surface area contributed by atoms with Crippen LogP contribution < -0.4 is 4.74 Å². The van der Waals surface area contributed by atoms with Crippen molar-refractivity contribution in [2.45, 2.75) is 6.92 Å². The van der Waals surface area contributed by atoms with Crippen LogP contribution in [0.15, 0.2) is 30.6 Å². The average molecular weight is 218 g/mol. The molecule has 2 aromatic rings. The molecule has 0 aliphatic carbocycles. The predicted octanol–water partition coefficient (Wildman–Crippen LogP) is 2.60. The van der Waals surface area contributed by atoms with Crippen LogP contribution in [0, 0.1) is 12.7 Å². The zero-order valence-corrected chi connectivity index (χ0v) is 9.07. The van der Waals surface area contributed by atoms with Gasteiger partial charge >= 0.3 is 6.01 Å². The van der Waals surface area contributed by atoms with Crippen molar-refractivity contribution >= 4 is 0 Å². The topological polar surface area (TPSA) is 35.0 Å². The summed E-state index contributed by atoms with van der Waals surface area (Å²) in [5.74, 6) is -0.210. The summed E-state index contributed by atoms with van der Waals surface area (Å²) in [4.78, 5) is 8.00. The molecule has 1 heterocycles. The molecule has 0 amide bonds. The summed E-state index contributed by atoms with van der Waals surface area (Å²) >= 11 is 0. The lowest BCUT2D eigenvalue weighted by molar-refractivity contribution is 0.380. The third-order valence-corrected chi connectivity index (χ3v) is 2.30. The van der Waals surface area contributed by atoms with Crippen molar-refractivity contribution in [1.82, 2.24) is 9.97 Å². The van der Waals surface area contributed by atoms with Gasteiger partial charge < -0.3 is 4.74 Å². The van der Waals surface area contributed by atoms with E-state index in [2.05, 4.69) is 9.97 Å². The van der Waals surface area contributed by atoms with Crippen LogP contribution in [0.3, 0.4) is 0 Å². The van der Waals surface area contributed by atoms with E-state index in [1.165, 1.54) is 13.2 Å². The first-order chi connectivity index (χ1) is 7.70. The molecule has 1 aromatic carbocycles. The third-order valence-electron chi connectivity index (χ3n) is 2.30. The van der Waals surface area contributed by atoms with Gasteiger partial charge in [-0.15, -0.1) is 0 Å². The summed E-state index contributed by atoms with van der Waals surface area (Å²) in [5, 5.41) is 0. The number of hydrogen-bond donors (Lipinski definition) is 0. The summed E-state index contributed by atoms with van der Waals surface area (Å²) in [6.45, 7) is 1.73. The van der Waals surface area contributed by atoms with Gasteiger partial charge in [0.2, 0.25) is 0 Å². The highest BCUT2D eigenvalue weighted by atomic mass is 19.1. The van der Waals surface area contributed by atoms with Gasteiger partial charge in [0.15, 0.2) is 0 Å². The Hall–Kier alpha value is -1.97. The second-order valence-corrected chi connectivity index (χ2v) is 3.42. The fourth-order valence-corrected chi connectivity index (χ4v) is 1.39. The second-order valence-electron chi connectivity index (χ2n) is 3.42. The van der Waals surface area contributed by atoms with E-state index in [-0.39, 0.29) is 5.82 Å². The zero-order valence-electron chi connectivity index (χ0n) is 9.07. The molecular weight excluding hydrogens is 207 g/mol. The molecule has 0 bridgehead atoms. The molecule has 0 atom stereocenters. The lowest BCUT2D eigenvalue weighted by atomic mass is 10.1. The van der Waals surface area contributed by atoms with Gasteiger partial charge in [-0.25, -0.2) is 14.4 Å². The summed E-state index contributed by atoms with van der Waals surface area (Å²) in [6, 6.07) is 5.23. The largest absolute Gasteiger partial charge is 0.467 e. The number of hydrogen-bond acceptors (Lipinski definition) is 3. The molecule has 4 heteroatoms. The summed E-state index contributed by atoms with van der Waals surface area (Å²) in [5.41, 5.74) is 2.33. The van der Waals surface area contributed by atoms with E-state index in [4.69, 9.17) is 4.74 Å². The lowest BCUT2D eigenvalue weighted by Gasteiger charge is -2.03. The highest BCUT2D eigenvalue weighted by Gasteiger charge is 2.03. The highest BCUT2D eigenvalue weighted by molar-refractivity contribution is 5.62. The van der Waals surface area contributed by atoms with Gasteiger partial charge in [-0.05, 0) is 30.2 Å². The molecule has 3 nitrogen and oxygen atoms in total. The van der Waals surface area contributed by atoms with E-state index in [1.54, 1.807) is 31.5 Å². The normalized spacial score (nSPS) is 10.2. The Labute approximate surface area is 92.9 Å². The van der Waals surface area contributed by atoms with Crippen molar-refractivity contribution < 1.29 is 9.13 Å². The maximum absolute atomic E-state index is 13.1. The molecule has 0 saturated carbocycles. The number of aromatic nitrogens is 2. The fourth-order valence-electron chi connectivity index (χ4n) is 1.39. The summed E-state index contributed by atoms with van der Waals surface area (Å²) in [7, 11) is 1.51. The molecule has 0 N–H and O–H groups in total. The zero-order chi connectivity index (χ0) is 11.5. The van der Waals surface area contributed by atoms with E-state index < -0.39 is 0 Å². The van der Waals surface area contributed by atoms with E-state index in [1.807, 2.05) is 0 Å². The van der Waals surface area contributed by atoms with Gasteiger partial charge in [-0.3, -0.25) is 0 Å². The monoisotopic (exact) mass is 218 g/mol. The lowest BCUT2D eigenvalue weighted by Crippen LogP contribution is -1.92. The van der Waals surface area contributed by atoms with Gasteiger partial charge in [-0.1, -0.05) is 6.07 Å². The minimum atomic E-state index is -0.210. The van der Waals surface area contributed by atoms with Crippen LogP contribution in [0.1, 0.15) is 5.56 Å². The van der Waals surface area contributed by atoms with Gasteiger partial charge in [0.1, 0.15) is 5.82 Å². The Morgan fingerprint density at radius 1 is 1.12 bits per heavy atom. The molecular formula is C12H11FN2O.